The van der Waals surface area contributed by atoms with E-state index in [1.165, 1.54) is 24.3 Å². The van der Waals surface area contributed by atoms with Crippen LogP contribution in [0.15, 0.2) is 66.7 Å². The molecule has 0 atom stereocenters. The van der Waals surface area contributed by atoms with Gasteiger partial charge in [-0.25, -0.2) is 0 Å². The fourth-order valence-corrected chi connectivity index (χ4v) is 4.97. The highest BCUT2D eigenvalue weighted by atomic mass is 19.4. The van der Waals surface area contributed by atoms with Crippen LogP contribution in [0.3, 0.4) is 0 Å². The van der Waals surface area contributed by atoms with E-state index in [2.05, 4.69) is 10.1 Å². The Balaban J connectivity index is 1.36. The molecule has 0 unspecified atom stereocenters. The van der Waals surface area contributed by atoms with Gasteiger partial charge in [-0.2, -0.15) is 0 Å². The first-order valence-electron chi connectivity index (χ1n) is 13.9. The number of hydrogen-bond acceptors (Lipinski definition) is 7. The van der Waals surface area contributed by atoms with Crippen LogP contribution in [0.25, 0.3) is 11.1 Å². The predicted octanol–water partition coefficient (Wildman–Crippen LogP) is 6.18. The number of piperidine rings is 1. The molecule has 0 aromatic heterocycles. The Hall–Kier alpha value is -4.38. The highest BCUT2D eigenvalue weighted by Gasteiger charge is 2.31. The van der Waals surface area contributed by atoms with E-state index in [1.54, 1.807) is 43.3 Å². The Morgan fingerprint density at radius 1 is 0.953 bits per heavy atom. The summed E-state index contributed by atoms with van der Waals surface area (Å²) in [6.07, 6.45) is -3.70. The van der Waals surface area contributed by atoms with Gasteiger partial charge in [-0.15, -0.1) is 13.2 Å². The van der Waals surface area contributed by atoms with Crippen molar-refractivity contribution in [3.63, 3.8) is 0 Å². The molecule has 0 spiro atoms. The molecule has 1 saturated heterocycles. The van der Waals surface area contributed by atoms with Gasteiger partial charge in [0.05, 0.1) is 13.2 Å². The Morgan fingerprint density at radius 2 is 1.65 bits per heavy atom. The van der Waals surface area contributed by atoms with Gasteiger partial charge >= 0.3 is 12.3 Å². The molecule has 228 valence electrons. The van der Waals surface area contributed by atoms with Crippen molar-refractivity contribution in [3.05, 3.63) is 77.9 Å². The molecule has 3 aromatic rings. The number of Topliss-reactive ketones (excluding diaryl/α,β-unsaturated/α-hetero) is 1. The normalized spacial score (nSPS) is 14.2. The number of ketones is 1. The van der Waals surface area contributed by atoms with Gasteiger partial charge in [0.1, 0.15) is 24.0 Å². The Bertz CT molecular complexity index is 1430. The molecule has 1 aliphatic rings. The van der Waals surface area contributed by atoms with E-state index < -0.39 is 12.3 Å². The maximum Gasteiger partial charge on any atom is 0.573 e. The molecule has 11 heteroatoms. The number of likely N-dealkylation sites (tertiary alicyclic amines) is 1. The summed E-state index contributed by atoms with van der Waals surface area (Å²) in [5, 5.41) is 2.89. The summed E-state index contributed by atoms with van der Waals surface area (Å²) in [7, 11) is 0. The van der Waals surface area contributed by atoms with Crippen molar-refractivity contribution in [2.75, 3.05) is 31.6 Å². The van der Waals surface area contributed by atoms with Crippen LogP contribution in [0, 0.1) is 6.92 Å². The number of nitrogens with one attached hydrogen (secondary N) is 1. The molecule has 4 rings (SSSR count). The number of amides is 1. The van der Waals surface area contributed by atoms with Crippen LogP contribution in [-0.2, 0) is 14.3 Å². The van der Waals surface area contributed by atoms with E-state index in [-0.39, 0.29) is 43.1 Å². The van der Waals surface area contributed by atoms with E-state index in [4.69, 9.17) is 9.47 Å². The van der Waals surface area contributed by atoms with Gasteiger partial charge in [0, 0.05) is 30.4 Å². The van der Waals surface area contributed by atoms with Gasteiger partial charge in [0.15, 0.2) is 5.78 Å². The van der Waals surface area contributed by atoms with Crippen molar-refractivity contribution in [3.8, 4) is 22.6 Å². The van der Waals surface area contributed by atoms with Crippen molar-refractivity contribution in [1.29, 1.82) is 0 Å². The van der Waals surface area contributed by atoms with Crippen LogP contribution in [-0.4, -0.2) is 61.3 Å². The second-order valence-electron chi connectivity index (χ2n) is 10.2. The molecule has 1 amide bonds. The monoisotopic (exact) mass is 598 g/mol. The highest BCUT2D eigenvalue weighted by Crippen LogP contribution is 2.32. The van der Waals surface area contributed by atoms with Crippen LogP contribution in [0.4, 0.5) is 18.9 Å². The van der Waals surface area contributed by atoms with Gasteiger partial charge < -0.3 is 19.5 Å². The Morgan fingerprint density at radius 3 is 2.33 bits per heavy atom. The Kier molecular flexibility index (Phi) is 10.4. The summed E-state index contributed by atoms with van der Waals surface area (Å²) in [4.78, 5) is 39.0. The molecule has 3 aromatic carbocycles. The summed E-state index contributed by atoms with van der Waals surface area (Å²) < 4.78 is 52.7. The molecular formula is C32H33F3N2O6. The van der Waals surface area contributed by atoms with E-state index in [0.29, 0.717) is 54.1 Å². The molecule has 0 radical (unpaired) electrons. The van der Waals surface area contributed by atoms with Crippen molar-refractivity contribution >= 4 is 23.3 Å². The van der Waals surface area contributed by atoms with E-state index in [1.807, 2.05) is 17.9 Å². The lowest BCUT2D eigenvalue weighted by atomic mass is 9.94. The lowest BCUT2D eigenvalue weighted by molar-refractivity contribution is -0.274. The lowest BCUT2D eigenvalue weighted by Gasteiger charge is -2.31. The number of aryl methyl sites for hydroxylation is 1. The summed E-state index contributed by atoms with van der Waals surface area (Å²) in [6.45, 7) is 5.25. The zero-order valence-electron chi connectivity index (χ0n) is 23.9. The first kappa shape index (κ1) is 31.6. The molecule has 1 N–H and O–H groups in total. The van der Waals surface area contributed by atoms with Crippen molar-refractivity contribution in [1.82, 2.24) is 4.90 Å². The first-order chi connectivity index (χ1) is 20.5. The number of rotatable bonds is 11. The number of benzene rings is 3. The molecular weight excluding hydrogens is 565 g/mol. The number of ether oxygens (including phenoxy) is 3. The van der Waals surface area contributed by atoms with E-state index >= 15 is 0 Å². The van der Waals surface area contributed by atoms with E-state index in [0.717, 1.165) is 5.56 Å². The van der Waals surface area contributed by atoms with Crippen LogP contribution in [0.2, 0.25) is 0 Å². The number of carbonyl (C=O) groups excluding carboxylic acids is 3. The molecule has 1 aliphatic heterocycles. The average molecular weight is 599 g/mol. The van der Waals surface area contributed by atoms with Gasteiger partial charge in [-0.1, -0.05) is 30.3 Å². The minimum Gasteiger partial charge on any atom is -0.490 e. The van der Waals surface area contributed by atoms with Gasteiger partial charge in [0.25, 0.3) is 5.91 Å². The van der Waals surface area contributed by atoms with Gasteiger partial charge in [-0.3, -0.25) is 19.3 Å². The summed E-state index contributed by atoms with van der Waals surface area (Å²) in [5.41, 5.74) is 2.83. The van der Waals surface area contributed by atoms with E-state index in [9.17, 15) is 27.6 Å². The standard InChI is InChI=1S/C32H33F3N2O6/c1-3-41-29(39)19-24(38)20-37-16-14-25(15-17-37)42-27-8-5-7-23(18-27)36-31(40)28-9-4-6-21(2)30(28)22-10-12-26(13-11-22)43-32(33,34)35/h4-13,18,25H,3,14-17,19-20H2,1-2H3,(H,36,40). The number of anilines is 1. The molecule has 43 heavy (non-hydrogen) atoms. The quantitative estimate of drug-likeness (QED) is 0.208. The van der Waals surface area contributed by atoms with Crippen LogP contribution < -0.4 is 14.8 Å². The summed E-state index contributed by atoms with van der Waals surface area (Å²) >= 11 is 0. The molecule has 1 heterocycles. The number of esters is 1. The third kappa shape index (κ3) is 9.31. The van der Waals surface area contributed by atoms with Crippen LogP contribution in [0.5, 0.6) is 11.5 Å². The van der Waals surface area contributed by atoms with Crippen molar-refractivity contribution in [2.24, 2.45) is 0 Å². The fraction of sp³-hybridized carbons (Fsp3) is 0.344. The average Bonchev–Trinajstić information content (AvgIpc) is 2.94. The SMILES string of the molecule is CCOC(=O)CC(=O)CN1CCC(Oc2cccc(NC(=O)c3cccc(C)c3-c3ccc(OC(F)(F)F)cc3)c2)CC1. The summed E-state index contributed by atoms with van der Waals surface area (Å²) in [6, 6.07) is 17.6. The van der Waals surface area contributed by atoms with Crippen molar-refractivity contribution < 1.29 is 41.8 Å². The number of halogens is 3. The predicted molar refractivity (Wildman–Crippen MR) is 154 cm³/mol. The van der Waals surface area contributed by atoms with Crippen LogP contribution in [0.1, 0.15) is 42.1 Å². The zero-order chi connectivity index (χ0) is 31.0. The van der Waals surface area contributed by atoms with Crippen LogP contribution >= 0.6 is 0 Å². The smallest absolute Gasteiger partial charge is 0.490 e. The minimum atomic E-state index is -4.79. The minimum absolute atomic E-state index is 0.0740. The molecule has 0 bridgehead atoms. The maximum atomic E-state index is 13.4. The zero-order valence-corrected chi connectivity index (χ0v) is 23.9. The lowest BCUT2D eigenvalue weighted by Crippen LogP contribution is -2.41. The highest BCUT2D eigenvalue weighted by molar-refractivity contribution is 6.09. The van der Waals surface area contributed by atoms with Crippen molar-refractivity contribution in [2.45, 2.75) is 45.6 Å². The second-order valence-corrected chi connectivity index (χ2v) is 10.2. The first-order valence-corrected chi connectivity index (χ1v) is 13.9. The fourth-order valence-electron chi connectivity index (χ4n) is 4.97. The van der Waals surface area contributed by atoms with Gasteiger partial charge in [-0.05, 0) is 73.7 Å². The van der Waals surface area contributed by atoms with Gasteiger partial charge in [0.2, 0.25) is 0 Å². The summed E-state index contributed by atoms with van der Waals surface area (Å²) in [5.74, 6) is -0.831. The Labute approximate surface area is 247 Å². The third-order valence-corrected chi connectivity index (χ3v) is 6.87. The number of alkyl halides is 3. The third-order valence-electron chi connectivity index (χ3n) is 6.87. The molecule has 8 nitrogen and oxygen atoms in total. The second kappa shape index (κ2) is 14.2. The molecule has 0 saturated carbocycles. The number of hydrogen-bond donors (Lipinski definition) is 1. The number of carbonyl (C=O) groups is 3. The number of nitrogens with zero attached hydrogens (tertiary/aromatic N) is 1. The topological polar surface area (TPSA) is 94.2 Å². The maximum absolute atomic E-state index is 13.4. The molecule has 0 aliphatic carbocycles. The molecule has 1 fully saturated rings. The largest absolute Gasteiger partial charge is 0.573 e.